The number of hydrogen-bond acceptors (Lipinski definition) is 2. The summed E-state index contributed by atoms with van der Waals surface area (Å²) in [5.41, 5.74) is 2.28. The van der Waals surface area contributed by atoms with E-state index >= 15 is 0 Å². The van der Waals surface area contributed by atoms with E-state index in [0.29, 0.717) is 5.59 Å². The molecule has 0 saturated carbocycles. The first-order valence-electron chi connectivity index (χ1n) is 3.46. The van der Waals surface area contributed by atoms with E-state index in [2.05, 4.69) is 10.1 Å². The minimum Gasteiger partial charge on any atom is -0.244 e. The topological polar surface area (TPSA) is 30.2 Å². The van der Waals surface area contributed by atoms with Crippen molar-refractivity contribution in [2.75, 3.05) is 0 Å². The molecule has 2 heterocycles. The van der Waals surface area contributed by atoms with Gasteiger partial charge in [-0.25, -0.2) is 9.50 Å². The number of aryl methyl sites for hydroxylation is 1. The van der Waals surface area contributed by atoms with Gasteiger partial charge in [-0.1, -0.05) is 0 Å². The van der Waals surface area contributed by atoms with Gasteiger partial charge in [-0.05, 0) is 36.3 Å². The molecule has 0 saturated heterocycles. The summed E-state index contributed by atoms with van der Waals surface area (Å²) in [7, 11) is 5.63. The van der Waals surface area contributed by atoms with Crippen LogP contribution in [0, 0.1) is 6.92 Å². The van der Waals surface area contributed by atoms with Crippen LogP contribution in [0.25, 0.3) is 5.52 Å². The first-order chi connectivity index (χ1) is 5.68. The van der Waals surface area contributed by atoms with Crippen molar-refractivity contribution < 1.29 is 0 Å². The highest BCUT2D eigenvalue weighted by Gasteiger charge is 2.03. The lowest BCUT2D eigenvalue weighted by molar-refractivity contribution is 0.907. The van der Waals surface area contributed by atoms with E-state index in [9.17, 15) is 0 Å². The first kappa shape index (κ1) is 7.62. The molecule has 58 valence electrons. The van der Waals surface area contributed by atoms with Gasteiger partial charge >= 0.3 is 0 Å². The zero-order chi connectivity index (χ0) is 8.72. The second-order valence-electron chi connectivity index (χ2n) is 2.52. The van der Waals surface area contributed by atoms with Crippen LogP contribution >= 0.6 is 11.6 Å². The molecule has 0 aliphatic carbocycles. The number of fused-ring (bicyclic) bond motifs is 1. The van der Waals surface area contributed by atoms with Crippen LogP contribution in [-0.4, -0.2) is 22.4 Å². The molecule has 0 spiro atoms. The monoisotopic (exact) mass is 177 g/mol. The van der Waals surface area contributed by atoms with Gasteiger partial charge < -0.3 is 0 Å². The molecule has 0 aliphatic rings. The Morgan fingerprint density at radius 2 is 2.25 bits per heavy atom. The fourth-order valence-electron chi connectivity index (χ4n) is 1.13. The van der Waals surface area contributed by atoms with Crippen molar-refractivity contribution >= 4 is 30.6 Å². The Morgan fingerprint density at radius 1 is 1.50 bits per heavy atom. The summed E-state index contributed by atoms with van der Waals surface area (Å²) in [6.45, 7) is 1.86. The quantitative estimate of drug-likeness (QED) is 0.548. The van der Waals surface area contributed by atoms with Gasteiger partial charge in [0.25, 0.3) is 0 Å². The predicted molar refractivity (Wildman–Crippen MR) is 48.1 cm³/mol. The van der Waals surface area contributed by atoms with Crippen molar-refractivity contribution in [3.63, 3.8) is 0 Å². The maximum absolute atomic E-state index is 5.65. The van der Waals surface area contributed by atoms with Crippen molar-refractivity contribution in [3.8, 4) is 0 Å². The second kappa shape index (κ2) is 2.49. The minimum absolute atomic E-state index is 0.211. The Morgan fingerprint density at radius 3 is 3.00 bits per heavy atom. The van der Waals surface area contributed by atoms with Crippen molar-refractivity contribution in [2.24, 2.45) is 0 Å². The van der Waals surface area contributed by atoms with Crippen LogP contribution in [0.4, 0.5) is 0 Å². The Bertz CT molecular complexity index is 437. The molecule has 2 aromatic rings. The molecule has 0 aliphatic heterocycles. The Hall–Kier alpha value is -1.03. The van der Waals surface area contributed by atoms with Crippen LogP contribution in [0.15, 0.2) is 12.1 Å². The average Bonchev–Trinajstić information content (AvgIpc) is 2.33. The molecular formula is C7H5BClN3. The van der Waals surface area contributed by atoms with Crippen LogP contribution < -0.4 is 5.59 Å². The largest absolute Gasteiger partial charge is 0.244 e. The zero-order valence-corrected chi connectivity index (χ0v) is 7.21. The summed E-state index contributed by atoms with van der Waals surface area (Å²) >= 11 is 5.65. The van der Waals surface area contributed by atoms with Crippen LogP contribution in [0.1, 0.15) is 5.69 Å². The number of hydrogen-bond donors (Lipinski definition) is 0. The third kappa shape index (κ3) is 0.993. The normalized spacial score (nSPS) is 10.8. The van der Waals surface area contributed by atoms with Crippen LogP contribution in [0.2, 0.25) is 5.28 Å². The number of aromatic nitrogens is 3. The zero-order valence-electron chi connectivity index (χ0n) is 6.45. The lowest BCUT2D eigenvalue weighted by Gasteiger charge is -1.99. The molecule has 0 atom stereocenters. The van der Waals surface area contributed by atoms with E-state index in [1.54, 1.807) is 10.6 Å². The number of nitrogens with zero attached hydrogens (tertiary/aromatic N) is 3. The Balaban J connectivity index is 2.92. The summed E-state index contributed by atoms with van der Waals surface area (Å²) in [6.07, 6.45) is 0. The number of rotatable bonds is 0. The van der Waals surface area contributed by atoms with E-state index in [1.165, 1.54) is 0 Å². The van der Waals surface area contributed by atoms with Crippen molar-refractivity contribution in [2.45, 2.75) is 6.92 Å². The first-order valence-corrected chi connectivity index (χ1v) is 3.83. The van der Waals surface area contributed by atoms with Gasteiger partial charge in [0, 0.05) is 0 Å². The summed E-state index contributed by atoms with van der Waals surface area (Å²) < 4.78 is 1.57. The fraction of sp³-hybridized carbons (Fsp3) is 0.143. The van der Waals surface area contributed by atoms with Gasteiger partial charge in [0.15, 0.2) is 0 Å². The standard InChI is InChI=1S/C7H5BClN3/c1-4-5-2-3-6(8)12(5)11-7(9)10-4/h2-3H,1H3. The van der Waals surface area contributed by atoms with E-state index in [-0.39, 0.29) is 5.28 Å². The second-order valence-corrected chi connectivity index (χ2v) is 2.86. The van der Waals surface area contributed by atoms with E-state index in [0.717, 1.165) is 11.2 Å². The van der Waals surface area contributed by atoms with Gasteiger partial charge in [-0.3, -0.25) is 0 Å². The van der Waals surface area contributed by atoms with Crippen LogP contribution in [0.3, 0.4) is 0 Å². The molecule has 12 heavy (non-hydrogen) atoms. The highest BCUT2D eigenvalue weighted by atomic mass is 35.5. The lowest BCUT2D eigenvalue weighted by atomic mass is 10.1. The molecule has 0 unspecified atom stereocenters. The smallest absolute Gasteiger partial charge is 0.241 e. The molecule has 5 heteroatoms. The molecule has 0 bridgehead atoms. The average molecular weight is 177 g/mol. The maximum atomic E-state index is 5.65. The van der Waals surface area contributed by atoms with Crippen LogP contribution in [-0.2, 0) is 0 Å². The SMILES string of the molecule is [B]c1ccc2c(C)nc(Cl)nn12. The molecule has 0 aromatic carbocycles. The predicted octanol–water partition coefficient (Wildman–Crippen LogP) is 0.485. The highest BCUT2D eigenvalue weighted by molar-refractivity contribution is 6.31. The van der Waals surface area contributed by atoms with Gasteiger partial charge in [-0.15, -0.1) is 5.10 Å². The minimum atomic E-state index is 0.211. The molecule has 3 nitrogen and oxygen atoms in total. The summed E-state index contributed by atoms with van der Waals surface area (Å²) in [5, 5.41) is 4.15. The summed E-state index contributed by atoms with van der Waals surface area (Å²) in [4.78, 5) is 3.99. The summed E-state index contributed by atoms with van der Waals surface area (Å²) in [5.74, 6) is 0. The highest BCUT2D eigenvalue weighted by Crippen LogP contribution is 2.07. The molecule has 2 aromatic heterocycles. The Kier molecular flexibility index (Phi) is 1.58. The van der Waals surface area contributed by atoms with Crippen LogP contribution in [0.5, 0.6) is 0 Å². The van der Waals surface area contributed by atoms with E-state index in [1.807, 2.05) is 13.0 Å². The van der Waals surface area contributed by atoms with E-state index in [4.69, 9.17) is 19.4 Å². The molecule has 0 amide bonds. The van der Waals surface area contributed by atoms with Crippen molar-refractivity contribution in [1.82, 2.24) is 14.6 Å². The molecule has 0 fully saturated rings. The molecular weight excluding hydrogens is 172 g/mol. The van der Waals surface area contributed by atoms with Crippen molar-refractivity contribution in [1.29, 1.82) is 0 Å². The van der Waals surface area contributed by atoms with Gasteiger partial charge in [0.2, 0.25) is 5.28 Å². The maximum Gasteiger partial charge on any atom is 0.241 e. The van der Waals surface area contributed by atoms with Crippen molar-refractivity contribution in [3.05, 3.63) is 23.1 Å². The molecule has 2 rings (SSSR count). The van der Waals surface area contributed by atoms with Gasteiger partial charge in [0.1, 0.15) is 7.85 Å². The molecule has 0 N–H and O–H groups in total. The lowest BCUT2D eigenvalue weighted by Crippen LogP contribution is -2.13. The number of halogens is 1. The third-order valence-electron chi connectivity index (χ3n) is 1.70. The fourth-order valence-corrected chi connectivity index (χ4v) is 1.33. The van der Waals surface area contributed by atoms with E-state index < -0.39 is 0 Å². The Labute approximate surface area is 75.8 Å². The molecule has 2 radical (unpaired) electrons. The third-order valence-corrected chi connectivity index (χ3v) is 1.86. The van der Waals surface area contributed by atoms with Gasteiger partial charge in [0.05, 0.1) is 11.2 Å². The van der Waals surface area contributed by atoms with Gasteiger partial charge in [-0.2, -0.15) is 0 Å². The summed E-state index contributed by atoms with van der Waals surface area (Å²) in [6, 6.07) is 3.63.